The van der Waals surface area contributed by atoms with Crippen LogP contribution in [0, 0.1) is 45.3 Å². The zero-order valence-electron chi connectivity index (χ0n) is 33.5. The van der Waals surface area contributed by atoms with E-state index in [-0.39, 0.29) is 35.7 Å². The molecule has 0 aromatic rings. The predicted molar refractivity (Wildman–Crippen MR) is 196 cm³/mol. The maximum atomic E-state index is 12.5. The van der Waals surface area contributed by atoms with Crippen molar-refractivity contribution in [3.8, 4) is 0 Å². The Bertz CT molecular complexity index is 1360. The van der Waals surface area contributed by atoms with Gasteiger partial charge in [-0.2, -0.15) is 0 Å². The van der Waals surface area contributed by atoms with Crippen molar-refractivity contribution in [1.82, 2.24) is 0 Å². The quantitative estimate of drug-likeness (QED) is 0.121. The second kappa shape index (κ2) is 15.1. The zero-order chi connectivity index (χ0) is 39.9. The number of hydrogen-bond acceptors (Lipinski definition) is 13. The number of allylic oxidation sites excluding steroid dienone is 2. The van der Waals surface area contributed by atoms with Crippen LogP contribution in [0.25, 0.3) is 0 Å². The molecule has 13 heteroatoms. The molecule has 2 saturated heterocycles. The third kappa shape index (κ3) is 6.76. The number of ether oxygens (including phenoxy) is 4. The molecule has 4 saturated carbocycles. The first-order valence-corrected chi connectivity index (χ1v) is 20.4. The molecule has 0 bridgehead atoms. The molecule has 0 unspecified atom stereocenters. The van der Waals surface area contributed by atoms with Gasteiger partial charge in [0.05, 0.1) is 37.1 Å². The van der Waals surface area contributed by atoms with Crippen LogP contribution in [0.2, 0.25) is 0 Å². The van der Waals surface area contributed by atoms with Crippen LogP contribution in [0.5, 0.6) is 0 Å². The number of hydrogen-bond donors (Lipinski definition) is 9. The molecule has 4 aliphatic carbocycles. The molecule has 9 N–H and O–H groups in total. The number of aliphatic hydroxyl groups is 9. The van der Waals surface area contributed by atoms with Crippen molar-refractivity contribution in [3.05, 3.63) is 11.6 Å². The highest BCUT2D eigenvalue weighted by Gasteiger charge is 2.74. The first kappa shape index (κ1) is 42.8. The molecule has 6 fully saturated rings. The highest BCUT2D eigenvalue weighted by molar-refractivity contribution is 5.22. The van der Waals surface area contributed by atoms with Crippen LogP contribution in [0.3, 0.4) is 0 Å². The van der Waals surface area contributed by atoms with Crippen molar-refractivity contribution in [3.63, 3.8) is 0 Å². The molecule has 13 nitrogen and oxygen atoms in total. The molecule has 312 valence electrons. The van der Waals surface area contributed by atoms with E-state index < -0.39 is 102 Å². The van der Waals surface area contributed by atoms with Gasteiger partial charge in [-0.15, -0.1) is 0 Å². The van der Waals surface area contributed by atoms with Gasteiger partial charge in [-0.05, 0) is 117 Å². The van der Waals surface area contributed by atoms with Crippen molar-refractivity contribution in [2.45, 2.75) is 186 Å². The molecule has 0 radical (unpaired) electrons. The molecule has 6 rings (SSSR count). The van der Waals surface area contributed by atoms with Gasteiger partial charge >= 0.3 is 0 Å². The minimum absolute atomic E-state index is 0.0459. The summed E-state index contributed by atoms with van der Waals surface area (Å²) in [6.45, 7) is 16.3. The summed E-state index contributed by atoms with van der Waals surface area (Å²) in [6.07, 6.45) is -7.04. The Morgan fingerprint density at radius 3 is 2.13 bits per heavy atom. The molecule has 2 heterocycles. The van der Waals surface area contributed by atoms with Crippen molar-refractivity contribution in [2.75, 3.05) is 13.2 Å². The number of rotatable bonds is 9. The second-order valence-corrected chi connectivity index (χ2v) is 19.8. The first-order chi connectivity index (χ1) is 25.1. The largest absolute Gasteiger partial charge is 0.394 e. The van der Waals surface area contributed by atoms with Gasteiger partial charge in [-0.25, -0.2) is 0 Å². The summed E-state index contributed by atoms with van der Waals surface area (Å²) in [5, 5.41) is 98.0. The molecule has 20 atom stereocenters. The average Bonchev–Trinajstić information content (AvgIpc) is 3.48. The van der Waals surface area contributed by atoms with Gasteiger partial charge in [-0.1, -0.05) is 46.3 Å². The normalized spacial score (nSPS) is 52.8. The average molecular weight is 771 g/mol. The van der Waals surface area contributed by atoms with Gasteiger partial charge < -0.3 is 64.9 Å². The van der Waals surface area contributed by atoms with Gasteiger partial charge in [0.1, 0.15) is 42.7 Å². The van der Waals surface area contributed by atoms with Gasteiger partial charge in [0, 0.05) is 0 Å². The Hall–Kier alpha value is -0.780. The van der Waals surface area contributed by atoms with Crippen molar-refractivity contribution < 1.29 is 64.9 Å². The number of aliphatic hydroxyl groups excluding tert-OH is 9. The third-order valence-corrected chi connectivity index (χ3v) is 16.2. The molecular weight excluding hydrogens is 700 g/mol. The van der Waals surface area contributed by atoms with Crippen molar-refractivity contribution >= 4 is 0 Å². The van der Waals surface area contributed by atoms with E-state index >= 15 is 0 Å². The van der Waals surface area contributed by atoms with Crippen LogP contribution in [0.4, 0.5) is 0 Å². The molecule has 0 aromatic carbocycles. The summed E-state index contributed by atoms with van der Waals surface area (Å²) in [4.78, 5) is 0. The van der Waals surface area contributed by atoms with Crippen molar-refractivity contribution in [1.29, 1.82) is 0 Å². The molecular formula is C41H70O13. The van der Waals surface area contributed by atoms with E-state index in [0.29, 0.717) is 38.5 Å². The van der Waals surface area contributed by atoms with Crippen molar-refractivity contribution in [2.24, 2.45) is 45.3 Å². The second-order valence-electron chi connectivity index (χ2n) is 19.8. The first-order valence-electron chi connectivity index (χ1n) is 20.4. The van der Waals surface area contributed by atoms with Crippen LogP contribution in [-0.4, -0.2) is 138 Å². The smallest absolute Gasteiger partial charge is 0.187 e. The Balaban J connectivity index is 1.38. The van der Waals surface area contributed by atoms with E-state index in [1.165, 1.54) is 0 Å². The Kier molecular flexibility index (Phi) is 12.0. The third-order valence-electron chi connectivity index (χ3n) is 16.2. The van der Waals surface area contributed by atoms with Gasteiger partial charge in [0.15, 0.2) is 12.6 Å². The van der Waals surface area contributed by atoms with Crippen LogP contribution in [0.1, 0.15) is 107 Å². The summed E-state index contributed by atoms with van der Waals surface area (Å²) in [5.41, 5.74) is -1.65. The fourth-order valence-corrected chi connectivity index (χ4v) is 13.2. The minimum atomic E-state index is -1.58. The molecule has 0 spiro atoms. The van der Waals surface area contributed by atoms with Gasteiger partial charge in [-0.3, -0.25) is 0 Å². The molecule has 2 aliphatic heterocycles. The lowest BCUT2D eigenvalue weighted by Crippen LogP contribution is -2.70. The topological polar surface area (TPSA) is 219 Å². The summed E-state index contributed by atoms with van der Waals surface area (Å²) >= 11 is 0. The summed E-state index contributed by atoms with van der Waals surface area (Å²) in [5.74, 6) is -0.593. The Morgan fingerprint density at radius 1 is 0.815 bits per heavy atom. The van der Waals surface area contributed by atoms with Crippen LogP contribution >= 0.6 is 0 Å². The standard InChI is InChI=1S/C41H70O13/c1-20(2)10-9-13-41(8,54-36-33(50)31(48)30(47)25(18-42)53-36)21-11-15-39(6)28(21)22(43)16-26-38(5)14-12-27(45)37(3,4)34(38)24(17-40(26,39)7)52-35-32(49)29(46)23(44)19-51-35/h10,21-36,42-50H,9,11-19H2,1-8H3/t21-,22+,23+,24-,25+,26+,27-,28-,29-,30+,31-,32+,33+,34-,35-,36-,38+,39+,40+,41-/m0/s1. The van der Waals surface area contributed by atoms with Gasteiger partial charge in [0.2, 0.25) is 0 Å². The fourth-order valence-electron chi connectivity index (χ4n) is 13.2. The van der Waals surface area contributed by atoms with E-state index in [4.69, 9.17) is 18.9 Å². The lowest BCUT2D eigenvalue weighted by atomic mass is 9.34. The van der Waals surface area contributed by atoms with E-state index in [1.807, 2.05) is 20.8 Å². The minimum Gasteiger partial charge on any atom is -0.394 e. The van der Waals surface area contributed by atoms with Crippen LogP contribution in [0.15, 0.2) is 11.6 Å². The number of fused-ring (bicyclic) bond motifs is 5. The molecule has 54 heavy (non-hydrogen) atoms. The van der Waals surface area contributed by atoms with Crippen LogP contribution < -0.4 is 0 Å². The SMILES string of the molecule is CC(C)=CCC[C@](C)(O[C@@H]1O[C@H](CO)[C@@H](O)[C@H](O)[C@H]1O)[C@H]1CC[C@]2(C)[C@@H]1[C@H](O)C[C@@H]1[C@@]3(C)CC[C@H](O)C(C)(C)[C@@H]3[C@@H](O[C@@H]3OC[C@@H](O)[C@H](O)[C@H]3O)C[C@]12C. The molecule has 0 amide bonds. The summed E-state index contributed by atoms with van der Waals surface area (Å²) < 4.78 is 25.3. The molecule has 6 aliphatic rings. The van der Waals surface area contributed by atoms with E-state index in [1.54, 1.807) is 0 Å². The maximum absolute atomic E-state index is 12.5. The van der Waals surface area contributed by atoms with Crippen LogP contribution in [-0.2, 0) is 18.9 Å². The molecule has 0 aromatic heterocycles. The fraction of sp³-hybridized carbons (Fsp3) is 0.951. The highest BCUT2D eigenvalue weighted by Crippen LogP contribution is 2.76. The van der Waals surface area contributed by atoms with E-state index in [0.717, 1.165) is 18.4 Å². The Morgan fingerprint density at radius 2 is 1.48 bits per heavy atom. The monoisotopic (exact) mass is 770 g/mol. The lowest BCUT2D eigenvalue weighted by molar-refractivity contribution is -0.341. The maximum Gasteiger partial charge on any atom is 0.187 e. The summed E-state index contributed by atoms with van der Waals surface area (Å²) in [6, 6.07) is 0. The van der Waals surface area contributed by atoms with E-state index in [9.17, 15) is 46.0 Å². The van der Waals surface area contributed by atoms with Gasteiger partial charge in [0.25, 0.3) is 0 Å². The predicted octanol–water partition coefficient (Wildman–Crippen LogP) is 1.76. The summed E-state index contributed by atoms with van der Waals surface area (Å²) in [7, 11) is 0. The lowest BCUT2D eigenvalue weighted by Gasteiger charge is -2.72. The highest BCUT2D eigenvalue weighted by atomic mass is 16.7. The van der Waals surface area contributed by atoms with E-state index in [2.05, 4.69) is 40.7 Å². The zero-order valence-corrected chi connectivity index (χ0v) is 33.5. The Labute approximate surface area is 320 Å².